The second-order valence-corrected chi connectivity index (χ2v) is 3.92. The Hall–Kier alpha value is -1.95. The zero-order valence-electron chi connectivity index (χ0n) is 9.94. The van der Waals surface area contributed by atoms with Gasteiger partial charge in [-0.25, -0.2) is 0 Å². The second kappa shape index (κ2) is 4.62. The highest BCUT2D eigenvalue weighted by Gasteiger charge is 2.58. The van der Waals surface area contributed by atoms with Crippen LogP contribution >= 0.6 is 0 Å². The van der Waals surface area contributed by atoms with Crippen molar-refractivity contribution in [3.05, 3.63) is 54.0 Å². The van der Waals surface area contributed by atoms with Gasteiger partial charge in [0.25, 0.3) is 0 Å². The Balaban J connectivity index is 2.69. The average Bonchev–Trinajstić information content (AvgIpc) is 2.90. The molecule has 19 heavy (non-hydrogen) atoms. The summed E-state index contributed by atoms with van der Waals surface area (Å²) < 4.78 is 49.5. The van der Waals surface area contributed by atoms with Gasteiger partial charge in [-0.15, -0.1) is 0 Å². The van der Waals surface area contributed by atoms with Crippen LogP contribution in [-0.4, -0.2) is 18.4 Å². The second-order valence-electron chi connectivity index (χ2n) is 3.92. The van der Waals surface area contributed by atoms with Crippen molar-refractivity contribution < 1.29 is 27.4 Å². The van der Waals surface area contributed by atoms with Crippen LogP contribution in [0.5, 0.6) is 5.75 Å². The van der Waals surface area contributed by atoms with Crippen molar-refractivity contribution in [1.29, 1.82) is 0 Å². The van der Waals surface area contributed by atoms with Gasteiger partial charge in [0, 0.05) is 11.1 Å². The molecule has 0 bridgehead atoms. The lowest BCUT2D eigenvalue weighted by Gasteiger charge is -2.31. The van der Waals surface area contributed by atoms with E-state index in [0.717, 1.165) is 18.6 Å². The van der Waals surface area contributed by atoms with Crippen LogP contribution in [0.15, 0.2) is 47.3 Å². The molecule has 1 N–H and O–H groups in total. The number of para-hydroxylation sites is 1. The third-order valence-corrected chi connectivity index (χ3v) is 2.85. The maximum atomic E-state index is 13.3. The average molecular weight is 272 g/mol. The molecule has 1 atom stereocenters. The van der Waals surface area contributed by atoms with Gasteiger partial charge in [-0.05, 0) is 12.1 Å². The molecule has 0 aliphatic heterocycles. The van der Waals surface area contributed by atoms with E-state index >= 15 is 0 Å². The summed E-state index contributed by atoms with van der Waals surface area (Å²) in [4.78, 5) is 0. The Bertz CT molecular complexity index is 549. The van der Waals surface area contributed by atoms with Crippen molar-refractivity contribution in [2.75, 3.05) is 7.11 Å². The number of rotatable bonds is 3. The molecule has 0 fully saturated rings. The maximum absolute atomic E-state index is 13.3. The van der Waals surface area contributed by atoms with Crippen LogP contribution in [-0.2, 0) is 5.60 Å². The first-order chi connectivity index (χ1) is 8.91. The zero-order chi connectivity index (χ0) is 14.1. The fraction of sp³-hybridized carbons (Fsp3) is 0.231. The van der Waals surface area contributed by atoms with E-state index < -0.39 is 17.3 Å². The molecular formula is C13H11F3O3. The number of alkyl halides is 3. The lowest BCUT2D eigenvalue weighted by atomic mass is 9.86. The first-order valence-corrected chi connectivity index (χ1v) is 5.36. The molecule has 0 amide bonds. The van der Waals surface area contributed by atoms with Gasteiger partial charge < -0.3 is 14.3 Å². The molecular weight excluding hydrogens is 261 g/mol. The normalized spacial score (nSPS) is 15.0. The SMILES string of the molecule is COc1ccccc1C(O)(c1ccoc1)C(F)(F)F. The number of halogens is 3. The first-order valence-electron chi connectivity index (χ1n) is 5.36. The molecule has 3 nitrogen and oxygen atoms in total. The van der Waals surface area contributed by atoms with E-state index in [1.807, 2.05) is 0 Å². The van der Waals surface area contributed by atoms with Crippen LogP contribution in [0, 0.1) is 0 Å². The Kier molecular flexibility index (Phi) is 3.28. The summed E-state index contributed by atoms with van der Waals surface area (Å²) in [7, 11) is 1.24. The zero-order valence-corrected chi connectivity index (χ0v) is 9.94. The van der Waals surface area contributed by atoms with Gasteiger partial charge in [0.2, 0.25) is 5.60 Å². The molecule has 102 valence electrons. The molecule has 0 radical (unpaired) electrons. The summed E-state index contributed by atoms with van der Waals surface area (Å²) in [6.45, 7) is 0. The van der Waals surface area contributed by atoms with E-state index in [1.165, 1.54) is 31.4 Å². The molecule has 1 unspecified atom stereocenters. The number of hydrogen-bond acceptors (Lipinski definition) is 3. The molecule has 1 aromatic heterocycles. The monoisotopic (exact) mass is 272 g/mol. The van der Waals surface area contributed by atoms with E-state index in [0.29, 0.717) is 0 Å². The minimum atomic E-state index is -4.91. The number of hydrogen-bond donors (Lipinski definition) is 1. The van der Waals surface area contributed by atoms with Gasteiger partial charge >= 0.3 is 6.18 Å². The van der Waals surface area contributed by atoms with E-state index in [2.05, 4.69) is 4.42 Å². The third kappa shape index (κ3) is 2.08. The van der Waals surface area contributed by atoms with Gasteiger partial charge in [-0.3, -0.25) is 0 Å². The first kappa shape index (κ1) is 13.5. The Morgan fingerprint density at radius 2 is 1.84 bits per heavy atom. The minimum Gasteiger partial charge on any atom is -0.496 e. The van der Waals surface area contributed by atoms with Gasteiger partial charge in [0.1, 0.15) is 5.75 Å². The molecule has 1 aromatic carbocycles. The van der Waals surface area contributed by atoms with Crippen molar-refractivity contribution in [2.45, 2.75) is 11.8 Å². The van der Waals surface area contributed by atoms with Crippen LogP contribution in [0.2, 0.25) is 0 Å². The quantitative estimate of drug-likeness (QED) is 0.933. The highest BCUT2D eigenvalue weighted by molar-refractivity contribution is 5.45. The summed E-state index contributed by atoms with van der Waals surface area (Å²) in [6, 6.07) is 6.51. The highest BCUT2D eigenvalue weighted by Crippen LogP contribution is 2.47. The molecule has 0 aliphatic rings. The summed E-state index contributed by atoms with van der Waals surface area (Å²) in [5.74, 6) is -0.0523. The topological polar surface area (TPSA) is 42.6 Å². The lowest BCUT2D eigenvalue weighted by molar-refractivity contribution is -0.248. The molecule has 1 heterocycles. The van der Waals surface area contributed by atoms with Crippen molar-refractivity contribution in [3.63, 3.8) is 0 Å². The Morgan fingerprint density at radius 1 is 1.16 bits per heavy atom. The molecule has 6 heteroatoms. The van der Waals surface area contributed by atoms with E-state index in [4.69, 9.17) is 4.74 Å². The van der Waals surface area contributed by atoms with Crippen LogP contribution in [0.4, 0.5) is 13.2 Å². The fourth-order valence-corrected chi connectivity index (χ4v) is 1.89. The van der Waals surface area contributed by atoms with Gasteiger partial charge in [-0.2, -0.15) is 13.2 Å². The Labute approximate surface area is 107 Å². The van der Waals surface area contributed by atoms with Gasteiger partial charge in [-0.1, -0.05) is 18.2 Å². The molecule has 0 saturated heterocycles. The lowest BCUT2D eigenvalue weighted by Crippen LogP contribution is -2.43. The highest BCUT2D eigenvalue weighted by atomic mass is 19.4. The van der Waals surface area contributed by atoms with Crippen molar-refractivity contribution in [1.82, 2.24) is 0 Å². The summed E-state index contributed by atoms with van der Waals surface area (Å²) in [5, 5.41) is 10.2. The van der Waals surface area contributed by atoms with Crippen LogP contribution in [0.1, 0.15) is 11.1 Å². The smallest absolute Gasteiger partial charge is 0.426 e. The van der Waals surface area contributed by atoms with Crippen molar-refractivity contribution >= 4 is 0 Å². The van der Waals surface area contributed by atoms with Crippen LogP contribution in [0.25, 0.3) is 0 Å². The largest absolute Gasteiger partial charge is 0.496 e. The summed E-state index contributed by atoms with van der Waals surface area (Å²) in [6.07, 6.45) is -2.98. The van der Waals surface area contributed by atoms with E-state index in [-0.39, 0.29) is 11.3 Å². The number of methoxy groups -OCH3 is 1. The number of ether oxygens (including phenoxy) is 1. The van der Waals surface area contributed by atoms with Crippen LogP contribution in [0.3, 0.4) is 0 Å². The number of benzene rings is 1. The molecule has 2 aromatic rings. The van der Waals surface area contributed by atoms with Gasteiger partial charge in [0.15, 0.2) is 0 Å². The minimum absolute atomic E-state index is 0.0523. The fourth-order valence-electron chi connectivity index (χ4n) is 1.89. The molecule has 0 saturated carbocycles. The van der Waals surface area contributed by atoms with Crippen LogP contribution < -0.4 is 4.74 Å². The molecule has 2 rings (SSSR count). The van der Waals surface area contributed by atoms with Gasteiger partial charge in [0.05, 0.1) is 19.6 Å². The summed E-state index contributed by atoms with van der Waals surface area (Å²) >= 11 is 0. The third-order valence-electron chi connectivity index (χ3n) is 2.85. The predicted octanol–water partition coefficient (Wildman–Crippen LogP) is 3.09. The van der Waals surface area contributed by atoms with Crippen molar-refractivity contribution in [3.8, 4) is 5.75 Å². The molecule has 0 spiro atoms. The number of furan rings is 1. The van der Waals surface area contributed by atoms with Crippen molar-refractivity contribution in [2.24, 2.45) is 0 Å². The standard InChI is InChI=1S/C13H11F3O3/c1-18-11-5-3-2-4-10(11)12(17,13(14,15)16)9-6-7-19-8-9/h2-8,17H,1H3. The maximum Gasteiger partial charge on any atom is 0.426 e. The molecule has 0 aliphatic carbocycles. The van der Waals surface area contributed by atoms with E-state index in [1.54, 1.807) is 0 Å². The summed E-state index contributed by atoms with van der Waals surface area (Å²) in [5.41, 5.74) is -3.96. The Morgan fingerprint density at radius 3 is 2.37 bits per heavy atom. The predicted molar refractivity (Wildman–Crippen MR) is 60.8 cm³/mol. The van der Waals surface area contributed by atoms with E-state index in [9.17, 15) is 18.3 Å². The number of aliphatic hydroxyl groups is 1.